The lowest BCUT2D eigenvalue weighted by molar-refractivity contribution is 0.626. The Hall–Kier alpha value is -1.73. The van der Waals surface area contributed by atoms with Gasteiger partial charge in [0.2, 0.25) is 5.36 Å². The number of rotatable bonds is 2. The molecule has 1 heterocycles. The Morgan fingerprint density at radius 2 is 1.80 bits per heavy atom. The highest BCUT2D eigenvalue weighted by molar-refractivity contribution is 14.1. The van der Waals surface area contributed by atoms with Gasteiger partial charge in [0.25, 0.3) is 0 Å². The first kappa shape index (κ1) is 16.7. The first-order valence-electron chi connectivity index (χ1n) is 8.42. The van der Waals surface area contributed by atoms with Crippen molar-refractivity contribution in [3.05, 3.63) is 51.4 Å². The largest absolute Gasteiger partial charge is 0.397 e. The third kappa shape index (κ3) is 2.69. The molecule has 25 heavy (non-hydrogen) atoms. The van der Waals surface area contributed by atoms with Crippen LogP contribution in [0.15, 0.2) is 42.5 Å². The number of nitrogens with zero attached hydrogens (tertiary/aromatic N) is 2. The third-order valence-corrected chi connectivity index (χ3v) is 7.27. The van der Waals surface area contributed by atoms with E-state index in [2.05, 4.69) is 71.3 Å². The van der Waals surface area contributed by atoms with Gasteiger partial charge >= 0.3 is 0 Å². The Bertz CT molecular complexity index is 1140. The van der Waals surface area contributed by atoms with Gasteiger partial charge in [0.15, 0.2) is 0 Å². The van der Waals surface area contributed by atoms with Crippen LogP contribution < -0.4 is 15.7 Å². The summed E-state index contributed by atoms with van der Waals surface area (Å²) in [5, 5.41) is 3.46. The molecule has 1 aliphatic carbocycles. The van der Waals surface area contributed by atoms with Crippen molar-refractivity contribution in [3.63, 3.8) is 0 Å². The number of benzene rings is 3. The molecule has 4 rings (SSSR count). The van der Waals surface area contributed by atoms with Crippen molar-refractivity contribution in [1.29, 1.82) is 0 Å². The summed E-state index contributed by atoms with van der Waals surface area (Å²) >= 11 is 4.14. The number of aromatic nitrogens is 1. The van der Waals surface area contributed by atoms with Gasteiger partial charge in [-0.1, -0.05) is 24.3 Å². The summed E-state index contributed by atoms with van der Waals surface area (Å²) in [6, 6.07) is 14.8. The van der Waals surface area contributed by atoms with Gasteiger partial charge in [-0.25, -0.2) is 9.56 Å². The smallest absolute Gasteiger partial charge is 0.201 e. The van der Waals surface area contributed by atoms with E-state index in [-0.39, 0.29) is 0 Å². The molecule has 0 unspecified atom stereocenters. The number of nitrogen functional groups attached to an aromatic ring is 1. The van der Waals surface area contributed by atoms with Gasteiger partial charge in [-0.05, 0) is 42.5 Å². The normalized spacial score (nSPS) is 11.5. The predicted molar refractivity (Wildman–Crippen MR) is 117 cm³/mol. The second-order valence-electron chi connectivity index (χ2n) is 5.99. The Morgan fingerprint density at radius 3 is 2.52 bits per heavy atom. The topological polar surface area (TPSA) is 41.9 Å². The van der Waals surface area contributed by atoms with E-state index in [1.54, 1.807) is 11.3 Å². The fourth-order valence-electron chi connectivity index (χ4n) is 3.29. The van der Waals surface area contributed by atoms with E-state index in [0.29, 0.717) is 0 Å². The zero-order valence-corrected chi connectivity index (χ0v) is 17.2. The molecule has 0 radical (unpaired) electrons. The maximum Gasteiger partial charge on any atom is 0.201 e. The Labute approximate surface area is 164 Å². The van der Waals surface area contributed by atoms with Crippen LogP contribution in [0.5, 0.6) is 0 Å². The van der Waals surface area contributed by atoms with Crippen molar-refractivity contribution in [1.82, 2.24) is 9.56 Å². The lowest BCUT2D eigenvalue weighted by atomic mass is 10.1. The summed E-state index contributed by atoms with van der Waals surface area (Å²) in [5.41, 5.74) is 9.35. The van der Waals surface area contributed by atoms with Gasteiger partial charge in [-0.3, -0.25) is 0 Å². The van der Waals surface area contributed by atoms with Crippen LogP contribution in [0.4, 0.5) is 5.69 Å². The number of fused-ring (bicyclic) bond motifs is 4. The average Bonchev–Trinajstić information content (AvgIpc) is 2.66. The molecule has 1 aliphatic heterocycles. The second-order valence-corrected chi connectivity index (χ2v) is 8.12. The molecule has 2 aromatic rings. The SMILES string of the molecule is CC[N+](CC)=c1ccc2nc3c(sc-2c1)c(I)c(N)c1ccccc13. The van der Waals surface area contributed by atoms with E-state index in [9.17, 15) is 0 Å². The zero-order chi connectivity index (χ0) is 17.6. The van der Waals surface area contributed by atoms with E-state index in [1.807, 2.05) is 12.1 Å². The molecule has 2 aliphatic rings. The molecule has 0 bridgehead atoms. The van der Waals surface area contributed by atoms with Crippen molar-refractivity contribution in [3.8, 4) is 10.6 Å². The number of halogens is 1. The minimum Gasteiger partial charge on any atom is -0.397 e. The fraction of sp³-hybridized carbons (Fsp3) is 0.200. The summed E-state index contributed by atoms with van der Waals surface area (Å²) in [6.45, 7) is 6.38. The van der Waals surface area contributed by atoms with Crippen molar-refractivity contribution >= 4 is 60.6 Å². The summed E-state index contributed by atoms with van der Waals surface area (Å²) in [6.07, 6.45) is 0. The number of hydrogen-bond donors (Lipinski definition) is 1. The van der Waals surface area contributed by atoms with Crippen LogP contribution >= 0.6 is 33.9 Å². The number of anilines is 1. The zero-order valence-electron chi connectivity index (χ0n) is 14.2. The first-order chi connectivity index (χ1) is 12.1. The van der Waals surface area contributed by atoms with Crippen LogP contribution in [-0.4, -0.2) is 18.1 Å². The van der Waals surface area contributed by atoms with E-state index >= 15 is 0 Å². The van der Waals surface area contributed by atoms with Gasteiger partial charge in [0.1, 0.15) is 13.1 Å². The molecule has 3 nitrogen and oxygen atoms in total. The Morgan fingerprint density at radius 1 is 1.08 bits per heavy atom. The van der Waals surface area contributed by atoms with Gasteiger partial charge in [-0.15, -0.1) is 11.3 Å². The van der Waals surface area contributed by atoms with E-state index in [0.717, 1.165) is 44.3 Å². The van der Waals surface area contributed by atoms with Crippen molar-refractivity contribution in [2.24, 2.45) is 0 Å². The maximum absolute atomic E-state index is 6.41. The van der Waals surface area contributed by atoms with E-state index in [4.69, 9.17) is 10.7 Å². The fourth-order valence-corrected chi connectivity index (χ4v) is 5.23. The highest BCUT2D eigenvalue weighted by atomic mass is 127. The highest BCUT2D eigenvalue weighted by Crippen LogP contribution is 2.40. The van der Waals surface area contributed by atoms with Gasteiger partial charge in [0.05, 0.1) is 30.0 Å². The monoisotopic (exact) mass is 460 g/mol. The molecule has 2 aromatic carbocycles. The Balaban J connectivity index is 2.15. The number of hydrogen-bond acceptors (Lipinski definition) is 3. The number of nitrogens with two attached hydrogens (primary N) is 1. The maximum atomic E-state index is 6.41. The van der Waals surface area contributed by atoms with Gasteiger partial charge in [0, 0.05) is 22.9 Å². The molecular weight excluding hydrogens is 441 g/mol. The van der Waals surface area contributed by atoms with Crippen molar-refractivity contribution < 1.29 is 0 Å². The summed E-state index contributed by atoms with van der Waals surface area (Å²) in [7, 11) is 0. The summed E-state index contributed by atoms with van der Waals surface area (Å²) < 4.78 is 4.62. The van der Waals surface area contributed by atoms with Crippen LogP contribution in [0, 0.1) is 3.57 Å². The van der Waals surface area contributed by atoms with E-state index in [1.165, 1.54) is 14.9 Å². The van der Waals surface area contributed by atoms with Crippen LogP contribution in [-0.2, 0) is 0 Å². The predicted octanol–water partition coefficient (Wildman–Crippen LogP) is 4.55. The standard InChI is InChI=1S/C20H18IN3S/c1-3-24(4-2)12-9-10-15-16(11-12)25-20-17(21)18(22)13-7-5-6-8-14(13)19(20)23-15/h5-11,22H,3-4H2,1-2H3/p+1. The minimum atomic E-state index is 0.848. The quantitative estimate of drug-likeness (QED) is 0.157. The molecule has 0 fully saturated rings. The van der Waals surface area contributed by atoms with Crippen LogP contribution in [0.2, 0.25) is 0 Å². The molecule has 0 saturated heterocycles. The lowest BCUT2D eigenvalue weighted by Crippen LogP contribution is -2.29. The van der Waals surface area contributed by atoms with Crippen molar-refractivity contribution in [2.45, 2.75) is 13.8 Å². The van der Waals surface area contributed by atoms with Crippen LogP contribution in [0.25, 0.3) is 31.6 Å². The van der Waals surface area contributed by atoms with E-state index < -0.39 is 0 Å². The molecule has 0 saturated carbocycles. The average molecular weight is 460 g/mol. The van der Waals surface area contributed by atoms with Crippen LogP contribution in [0.3, 0.4) is 0 Å². The molecule has 0 atom stereocenters. The Kier molecular flexibility index (Phi) is 4.37. The molecular formula is C20H19IN3S+. The molecule has 126 valence electrons. The van der Waals surface area contributed by atoms with Crippen molar-refractivity contribution in [2.75, 3.05) is 18.8 Å². The molecule has 0 spiro atoms. The first-order valence-corrected chi connectivity index (χ1v) is 10.3. The minimum absolute atomic E-state index is 0.848. The molecule has 2 N–H and O–H groups in total. The van der Waals surface area contributed by atoms with Gasteiger partial charge < -0.3 is 5.73 Å². The third-order valence-electron chi connectivity index (χ3n) is 4.64. The molecule has 0 aromatic heterocycles. The molecule has 0 amide bonds. The summed E-state index contributed by atoms with van der Waals surface area (Å²) in [5.74, 6) is 0. The van der Waals surface area contributed by atoms with Gasteiger partial charge in [-0.2, -0.15) is 0 Å². The summed E-state index contributed by atoms with van der Waals surface area (Å²) in [4.78, 5) is 6.19. The van der Waals surface area contributed by atoms with Crippen LogP contribution in [0.1, 0.15) is 13.8 Å². The highest BCUT2D eigenvalue weighted by Gasteiger charge is 2.16. The second kappa shape index (κ2) is 6.53. The lowest BCUT2D eigenvalue weighted by Gasteiger charge is -2.12. The molecule has 5 heteroatoms.